The first-order valence-corrected chi connectivity index (χ1v) is 5.04. The first-order chi connectivity index (χ1) is 6.11. The number of rotatable bonds is 3. The highest BCUT2D eigenvalue weighted by Crippen LogP contribution is 2.21. The maximum Gasteiger partial charge on any atom is 0.128 e. The fourth-order valence-electron chi connectivity index (χ4n) is 0.912. The fourth-order valence-corrected chi connectivity index (χ4v) is 1.36. The largest absolute Gasteiger partial charge is 0.491 e. The minimum absolute atomic E-state index is 0.119. The van der Waals surface area contributed by atoms with Gasteiger partial charge in [-0.15, -0.1) is 0 Å². The number of benzene rings is 1. The molecule has 0 aliphatic heterocycles. The molecule has 1 aromatic carbocycles. The summed E-state index contributed by atoms with van der Waals surface area (Å²) in [6, 6.07) is 4.55. The molecule has 1 unspecified atom stereocenters. The topological polar surface area (TPSA) is 9.23 Å². The van der Waals surface area contributed by atoms with Crippen molar-refractivity contribution in [3.8, 4) is 5.75 Å². The van der Waals surface area contributed by atoms with Crippen LogP contribution >= 0.6 is 15.9 Å². The molecule has 0 fully saturated rings. The molecule has 0 saturated heterocycles. The molecule has 1 rings (SSSR count). The van der Waals surface area contributed by atoms with Gasteiger partial charge in [0.25, 0.3) is 0 Å². The Morgan fingerprint density at radius 1 is 1.46 bits per heavy atom. The molecule has 0 heterocycles. The Bertz CT molecular complexity index is 268. The van der Waals surface area contributed by atoms with Crippen LogP contribution in [0.15, 0.2) is 22.7 Å². The highest BCUT2D eigenvalue weighted by Gasteiger charge is 2.03. The van der Waals surface area contributed by atoms with Gasteiger partial charge >= 0.3 is 0 Å². The van der Waals surface area contributed by atoms with Crippen molar-refractivity contribution in [2.75, 3.05) is 0 Å². The van der Waals surface area contributed by atoms with Gasteiger partial charge < -0.3 is 4.74 Å². The van der Waals surface area contributed by atoms with Crippen molar-refractivity contribution < 1.29 is 9.13 Å². The highest BCUT2D eigenvalue weighted by molar-refractivity contribution is 9.10. The Morgan fingerprint density at radius 3 is 2.69 bits per heavy atom. The number of hydrogen-bond acceptors (Lipinski definition) is 1. The van der Waals surface area contributed by atoms with Gasteiger partial charge in [-0.1, -0.05) is 22.9 Å². The minimum Gasteiger partial charge on any atom is -0.491 e. The van der Waals surface area contributed by atoms with Gasteiger partial charge in [0, 0.05) is 10.5 Å². The van der Waals surface area contributed by atoms with E-state index in [1.807, 2.05) is 13.8 Å². The molecule has 0 spiro atoms. The van der Waals surface area contributed by atoms with Crippen molar-refractivity contribution in [3.63, 3.8) is 0 Å². The van der Waals surface area contributed by atoms with E-state index in [1.54, 1.807) is 6.07 Å². The number of ether oxygens (including phenoxy) is 1. The summed E-state index contributed by atoms with van der Waals surface area (Å²) in [4.78, 5) is 0. The molecule has 72 valence electrons. The summed E-state index contributed by atoms with van der Waals surface area (Å²) in [6.07, 6.45) is 1.03. The predicted molar refractivity (Wildman–Crippen MR) is 54.5 cm³/mol. The summed E-state index contributed by atoms with van der Waals surface area (Å²) < 4.78 is 19.0. The lowest BCUT2D eigenvalue weighted by Gasteiger charge is -2.12. The molecule has 0 saturated carbocycles. The van der Waals surface area contributed by atoms with E-state index in [1.165, 1.54) is 12.1 Å². The van der Waals surface area contributed by atoms with Gasteiger partial charge in [-0.2, -0.15) is 0 Å². The third kappa shape index (κ3) is 3.35. The van der Waals surface area contributed by atoms with Crippen LogP contribution in [-0.4, -0.2) is 6.10 Å². The van der Waals surface area contributed by atoms with Crippen LogP contribution in [0.4, 0.5) is 4.39 Å². The molecule has 0 amide bonds. The number of halogens is 2. The zero-order valence-corrected chi connectivity index (χ0v) is 9.27. The molecule has 3 heteroatoms. The molecule has 0 bridgehead atoms. The van der Waals surface area contributed by atoms with Crippen LogP contribution in [0.25, 0.3) is 0 Å². The Labute approximate surface area is 86.0 Å². The first-order valence-electron chi connectivity index (χ1n) is 4.24. The lowest BCUT2D eigenvalue weighted by atomic mass is 10.3. The summed E-state index contributed by atoms with van der Waals surface area (Å²) in [5.74, 6) is 0.286. The Kier molecular flexibility index (Phi) is 3.72. The normalized spacial score (nSPS) is 12.6. The number of hydrogen-bond donors (Lipinski definition) is 0. The summed E-state index contributed by atoms with van der Waals surface area (Å²) >= 11 is 3.20. The summed E-state index contributed by atoms with van der Waals surface area (Å²) in [5.41, 5.74) is 0. The molecular weight excluding hydrogens is 235 g/mol. The van der Waals surface area contributed by atoms with E-state index in [2.05, 4.69) is 15.9 Å². The zero-order chi connectivity index (χ0) is 9.84. The van der Waals surface area contributed by atoms with Crippen molar-refractivity contribution in [2.24, 2.45) is 0 Å². The third-order valence-electron chi connectivity index (χ3n) is 1.75. The van der Waals surface area contributed by atoms with Crippen LogP contribution in [0.1, 0.15) is 20.3 Å². The van der Waals surface area contributed by atoms with E-state index < -0.39 is 0 Å². The first kappa shape index (κ1) is 10.5. The van der Waals surface area contributed by atoms with Gasteiger partial charge in [-0.05, 0) is 25.5 Å². The monoisotopic (exact) mass is 246 g/mol. The molecule has 0 aliphatic rings. The second kappa shape index (κ2) is 4.61. The average Bonchev–Trinajstić information content (AvgIpc) is 2.02. The molecule has 1 atom stereocenters. The van der Waals surface area contributed by atoms with Gasteiger partial charge in [-0.25, -0.2) is 4.39 Å². The van der Waals surface area contributed by atoms with Crippen LogP contribution in [0.2, 0.25) is 0 Å². The summed E-state index contributed by atoms with van der Waals surface area (Å²) in [5, 5.41) is 0. The van der Waals surface area contributed by atoms with Crippen LogP contribution in [-0.2, 0) is 0 Å². The average molecular weight is 247 g/mol. The van der Waals surface area contributed by atoms with E-state index in [9.17, 15) is 4.39 Å². The smallest absolute Gasteiger partial charge is 0.128 e. The fraction of sp³-hybridized carbons (Fsp3) is 0.400. The Balaban J connectivity index is 2.77. The van der Waals surface area contributed by atoms with Crippen molar-refractivity contribution in [3.05, 3.63) is 28.5 Å². The SMILES string of the molecule is CCC(C)Oc1cc(F)cc(Br)c1. The van der Waals surface area contributed by atoms with E-state index in [-0.39, 0.29) is 11.9 Å². The van der Waals surface area contributed by atoms with Gasteiger partial charge in [0.2, 0.25) is 0 Å². The summed E-state index contributed by atoms with van der Waals surface area (Å²) in [7, 11) is 0. The van der Waals surface area contributed by atoms with Crippen LogP contribution in [0.3, 0.4) is 0 Å². The van der Waals surface area contributed by atoms with Crippen LogP contribution in [0, 0.1) is 5.82 Å². The molecule has 0 aliphatic carbocycles. The van der Waals surface area contributed by atoms with Crippen LogP contribution < -0.4 is 4.74 Å². The maximum absolute atomic E-state index is 12.9. The maximum atomic E-state index is 12.9. The zero-order valence-electron chi connectivity index (χ0n) is 7.68. The molecule has 1 nitrogen and oxygen atoms in total. The second-order valence-electron chi connectivity index (χ2n) is 2.94. The van der Waals surface area contributed by atoms with E-state index in [4.69, 9.17) is 4.74 Å². The standard InChI is InChI=1S/C10H12BrFO/c1-3-7(2)13-10-5-8(11)4-9(12)6-10/h4-7H,3H2,1-2H3. The van der Waals surface area contributed by atoms with Gasteiger partial charge in [0.05, 0.1) is 6.10 Å². The highest BCUT2D eigenvalue weighted by atomic mass is 79.9. The molecule has 13 heavy (non-hydrogen) atoms. The molecule has 0 aromatic heterocycles. The van der Waals surface area contributed by atoms with Crippen LogP contribution in [0.5, 0.6) is 5.75 Å². The Hall–Kier alpha value is -0.570. The van der Waals surface area contributed by atoms with E-state index in [0.29, 0.717) is 10.2 Å². The molecule has 0 N–H and O–H groups in total. The van der Waals surface area contributed by atoms with Crippen molar-refractivity contribution in [2.45, 2.75) is 26.4 Å². The Morgan fingerprint density at radius 2 is 2.15 bits per heavy atom. The van der Waals surface area contributed by atoms with E-state index in [0.717, 1.165) is 6.42 Å². The van der Waals surface area contributed by atoms with E-state index >= 15 is 0 Å². The second-order valence-corrected chi connectivity index (χ2v) is 3.86. The summed E-state index contributed by atoms with van der Waals surface area (Å²) in [6.45, 7) is 3.98. The van der Waals surface area contributed by atoms with Crippen molar-refractivity contribution in [1.29, 1.82) is 0 Å². The van der Waals surface area contributed by atoms with Crippen molar-refractivity contribution >= 4 is 15.9 Å². The predicted octanol–water partition coefficient (Wildman–Crippen LogP) is 3.77. The lowest BCUT2D eigenvalue weighted by Crippen LogP contribution is -2.09. The molecular formula is C10H12BrFO. The molecule has 1 aromatic rings. The third-order valence-corrected chi connectivity index (χ3v) is 2.21. The van der Waals surface area contributed by atoms with Gasteiger partial charge in [0.1, 0.15) is 11.6 Å². The van der Waals surface area contributed by atoms with Gasteiger partial charge in [0.15, 0.2) is 0 Å². The minimum atomic E-state index is -0.285. The molecule has 0 radical (unpaired) electrons. The van der Waals surface area contributed by atoms with Crippen molar-refractivity contribution in [1.82, 2.24) is 0 Å². The lowest BCUT2D eigenvalue weighted by molar-refractivity contribution is 0.216. The quantitative estimate of drug-likeness (QED) is 0.790. The van der Waals surface area contributed by atoms with Gasteiger partial charge in [-0.3, -0.25) is 0 Å².